The van der Waals surface area contributed by atoms with Gasteiger partial charge in [0.25, 0.3) is 0 Å². The number of thiol groups is 2. The molecule has 0 spiro atoms. The first-order valence-corrected chi connectivity index (χ1v) is 3.55. The third kappa shape index (κ3) is 8.48. The van der Waals surface area contributed by atoms with Gasteiger partial charge in [-0.25, -0.2) is 0 Å². The van der Waals surface area contributed by atoms with Crippen molar-refractivity contribution in [2.24, 2.45) is 0 Å². The standard InChI is InChI=1S/C3H4O2S4/c6-2(7)4-1-5-3(8)9/h1H2,(H,6,7)(H,8,9). The maximum Gasteiger partial charge on any atom is 0.234 e. The largest absolute Gasteiger partial charge is 0.441 e. The molecular formula is C3H4O2S4. The van der Waals surface area contributed by atoms with Crippen molar-refractivity contribution in [3.05, 3.63) is 0 Å². The van der Waals surface area contributed by atoms with Crippen LogP contribution in [0, 0.1) is 0 Å². The Hall–Kier alpha value is 0.480. The highest BCUT2D eigenvalue weighted by Crippen LogP contribution is 1.91. The fourth-order valence-corrected chi connectivity index (χ4v) is 0.332. The van der Waals surface area contributed by atoms with Crippen LogP contribution >= 0.6 is 49.7 Å². The summed E-state index contributed by atoms with van der Waals surface area (Å²) in [7, 11) is 0. The Kier molecular flexibility index (Phi) is 5.56. The molecule has 0 rings (SSSR count). The minimum absolute atomic E-state index is 0.0231. The predicted octanol–water partition coefficient (Wildman–Crippen LogP) is 1.41. The molecule has 0 aliphatic heterocycles. The van der Waals surface area contributed by atoms with Gasteiger partial charge in [0.05, 0.1) is 0 Å². The zero-order chi connectivity index (χ0) is 7.28. The van der Waals surface area contributed by atoms with E-state index in [1.54, 1.807) is 0 Å². The summed E-state index contributed by atoms with van der Waals surface area (Å²) in [4.78, 5) is 0. The van der Waals surface area contributed by atoms with Crippen LogP contribution in [0.25, 0.3) is 0 Å². The number of ether oxygens (including phenoxy) is 2. The lowest BCUT2D eigenvalue weighted by molar-refractivity contribution is 0.115. The zero-order valence-electron chi connectivity index (χ0n) is 4.23. The van der Waals surface area contributed by atoms with Crippen LogP contribution in [0.2, 0.25) is 0 Å². The molecule has 0 heterocycles. The first-order chi connectivity index (χ1) is 4.13. The summed E-state index contributed by atoms with van der Waals surface area (Å²) in [6.45, 7) is -0.0231. The van der Waals surface area contributed by atoms with Gasteiger partial charge in [-0.05, 0) is 24.4 Å². The zero-order valence-corrected chi connectivity index (χ0v) is 7.66. The fourth-order valence-electron chi connectivity index (χ4n) is 0.130. The first kappa shape index (κ1) is 9.48. The predicted molar refractivity (Wildman–Crippen MR) is 50.2 cm³/mol. The van der Waals surface area contributed by atoms with E-state index in [1.165, 1.54) is 0 Å². The Morgan fingerprint density at radius 2 is 1.44 bits per heavy atom. The van der Waals surface area contributed by atoms with E-state index in [1.807, 2.05) is 0 Å². The second-order valence-corrected chi connectivity index (χ2v) is 3.10. The van der Waals surface area contributed by atoms with Crippen molar-refractivity contribution in [3.63, 3.8) is 0 Å². The molecule has 0 aromatic rings. The normalized spacial score (nSPS) is 8.22. The fraction of sp³-hybridized carbons (Fsp3) is 0.333. The van der Waals surface area contributed by atoms with Gasteiger partial charge in [0.2, 0.25) is 15.6 Å². The third-order valence-corrected chi connectivity index (χ3v) is 0.859. The summed E-state index contributed by atoms with van der Waals surface area (Å²) >= 11 is 16.2. The van der Waals surface area contributed by atoms with Crippen molar-refractivity contribution in [1.82, 2.24) is 0 Å². The van der Waals surface area contributed by atoms with Crippen molar-refractivity contribution in [3.8, 4) is 0 Å². The highest BCUT2D eigenvalue weighted by Gasteiger charge is 1.89. The average molecular weight is 200 g/mol. The number of hydrogen-bond donors (Lipinski definition) is 2. The summed E-state index contributed by atoms with van der Waals surface area (Å²) in [5.41, 5.74) is 0. The molecule has 52 valence electrons. The van der Waals surface area contributed by atoms with Gasteiger partial charge in [0.15, 0.2) is 0 Å². The number of rotatable bonds is 2. The van der Waals surface area contributed by atoms with Crippen LogP contribution in [0.4, 0.5) is 0 Å². The van der Waals surface area contributed by atoms with Crippen LogP contribution in [-0.2, 0) is 9.47 Å². The molecule has 0 fully saturated rings. The molecule has 0 aromatic heterocycles. The number of hydrogen-bond acceptors (Lipinski definition) is 4. The molecule has 0 saturated carbocycles. The van der Waals surface area contributed by atoms with Crippen molar-refractivity contribution < 1.29 is 9.47 Å². The van der Waals surface area contributed by atoms with Crippen LogP contribution < -0.4 is 0 Å². The quantitative estimate of drug-likeness (QED) is 0.398. The molecular weight excluding hydrogens is 196 g/mol. The van der Waals surface area contributed by atoms with E-state index < -0.39 is 0 Å². The van der Waals surface area contributed by atoms with E-state index >= 15 is 0 Å². The molecule has 0 unspecified atom stereocenters. The molecule has 0 aliphatic carbocycles. The third-order valence-electron chi connectivity index (χ3n) is 0.365. The highest BCUT2D eigenvalue weighted by atomic mass is 32.1. The van der Waals surface area contributed by atoms with Gasteiger partial charge in [0, 0.05) is 0 Å². The summed E-state index contributed by atoms with van der Waals surface area (Å²) in [6, 6.07) is 0. The molecule has 0 aliphatic rings. The maximum absolute atomic E-state index is 4.59. The second kappa shape index (κ2) is 5.28. The van der Waals surface area contributed by atoms with E-state index in [9.17, 15) is 0 Å². The first-order valence-electron chi connectivity index (χ1n) is 1.84. The molecule has 0 atom stereocenters. The topological polar surface area (TPSA) is 18.5 Å². The Labute approximate surface area is 74.7 Å². The van der Waals surface area contributed by atoms with Gasteiger partial charge in [-0.15, -0.1) is 0 Å². The van der Waals surface area contributed by atoms with Gasteiger partial charge < -0.3 is 9.47 Å². The smallest absolute Gasteiger partial charge is 0.234 e. The molecule has 0 bridgehead atoms. The van der Waals surface area contributed by atoms with Crippen LogP contribution in [0.1, 0.15) is 0 Å². The molecule has 0 N–H and O–H groups in total. The Morgan fingerprint density at radius 3 is 1.67 bits per heavy atom. The van der Waals surface area contributed by atoms with Crippen molar-refractivity contribution in [2.45, 2.75) is 0 Å². The molecule has 0 saturated heterocycles. The van der Waals surface area contributed by atoms with Crippen LogP contribution in [0.3, 0.4) is 0 Å². The lowest BCUT2D eigenvalue weighted by Crippen LogP contribution is -2.02. The van der Waals surface area contributed by atoms with Gasteiger partial charge >= 0.3 is 0 Å². The average Bonchev–Trinajstić information content (AvgIpc) is 1.63. The van der Waals surface area contributed by atoms with Crippen molar-refractivity contribution in [1.29, 1.82) is 0 Å². The summed E-state index contributed by atoms with van der Waals surface area (Å²) < 4.78 is 9.43. The van der Waals surface area contributed by atoms with Crippen molar-refractivity contribution in [2.75, 3.05) is 6.79 Å². The van der Waals surface area contributed by atoms with Gasteiger partial charge in [-0.3, -0.25) is 0 Å². The maximum atomic E-state index is 4.59. The van der Waals surface area contributed by atoms with E-state index in [-0.39, 0.29) is 15.6 Å². The second-order valence-electron chi connectivity index (χ2n) is 0.938. The lowest BCUT2D eigenvalue weighted by atomic mass is 11.3. The summed E-state index contributed by atoms with van der Waals surface area (Å²) in [6.07, 6.45) is 0. The van der Waals surface area contributed by atoms with Crippen LogP contribution in [0.5, 0.6) is 0 Å². The van der Waals surface area contributed by atoms with E-state index in [0.717, 1.165) is 0 Å². The van der Waals surface area contributed by atoms with Crippen LogP contribution in [-0.4, -0.2) is 15.6 Å². The van der Waals surface area contributed by atoms with Crippen molar-refractivity contribution >= 4 is 58.5 Å². The lowest BCUT2D eigenvalue weighted by Gasteiger charge is -2.01. The van der Waals surface area contributed by atoms with Gasteiger partial charge in [-0.1, -0.05) is 25.3 Å². The SMILES string of the molecule is S=C(S)OCOC(=S)S. The molecule has 2 nitrogen and oxygen atoms in total. The Balaban J connectivity index is 3.10. The molecule has 6 heteroatoms. The monoisotopic (exact) mass is 200 g/mol. The van der Waals surface area contributed by atoms with E-state index in [4.69, 9.17) is 0 Å². The molecule has 9 heavy (non-hydrogen) atoms. The highest BCUT2D eigenvalue weighted by molar-refractivity contribution is 8.10. The molecule has 0 amide bonds. The summed E-state index contributed by atoms with van der Waals surface area (Å²) in [5.74, 6) is 0. The Morgan fingerprint density at radius 1 is 1.11 bits per heavy atom. The van der Waals surface area contributed by atoms with Gasteiger partial charge in [-0.2, -0.15) is 0 Å². The van der Waals surface area contributed by atoms with Crippen LogP contribution in [0.15, 0.2) is 0 Å². The van der Waals surface area contributed by atoms with E-state index in [2.05, 4.69) is 59.2 Å². The molecule has 0 aromatic carbocycles. The Bertz CT molecular complexity index is 109. The van der Waals surface area contributed by atoms with Gasteiger partial charge in [0.1, 0.15) is 0 Å². The molecule has 0 radical (unpaired) electrons. The number of thiocarbonyl (C=S) groups is 2. The minimum Gasteiger partial charge on any atom is -0.441 e. The van der Waals surface area contributed by atoms with E-state index in [0.29, 0.717) is 0 Å². The minimum atomic E-state index is -0.0231. The summed E-state index contributed by atoms with van der Waals surface area (Å²) in [5, 5.41) is 0.